The van der Waals surface area contributed by atoms with Crippen LogP contribution in [0.15, 0.2) is 53.1 Å². The predicted molar refractivity (Wildman–Crippen MR) is 80.4 cm³/mol. The van der Waals surface area contributed by atoms with Crippen molar-refractivity contribution in [2.45, 2.75) is 25.2 Å². The summed E-state index contributed by atoms with van der Waals surface area (Å²) in [6.07, 6.45) is 2.18. The third-order valence-electron chi connectivity index (χ3n) is 3.66. The van der Waals surface area contributed by atoms with Crippen LogP contribution in [0.4, 0.5) is 0 Å². The van der Waals surface area contributed by atoms with Gasteiger partial charge in [0.15, 0.2) is 5.76 Å². The first-order chi connectivity index (χ1) is 10.8. The number of rotatable bonds is 5. The lowest BCUT2D eigenvalue weighted by molar-refractivity contribution is -0.0606. The molecule has 1 aliphatic rings. The van der Waals surface area contributed by atoms with Crippen LogP contribution in [-0.4, -0.2) is 31.3 Å². The Bertz CT molecular complexity index is 582. The third-order valence-corrected chi connectivity index (χ3v) is 3.66. The van der Waals surface area contributed by atoms with Crippen molar-refractivity contribution in [1.29, 1.82) is 0 Å². The van der Waals surface area contributed by atoms with Crippen molar-refractivity contribution in [1.82, 2.24) is 5.32 Å². The average Bonchev–Trinajstić information content (AvgIpc) is 3.10. The molecule has 0 spiro atoms. The molecule has 0 saturated carbocycles. The number of carbonyl (C=O) groups is 1. The van der Waals surface area contributed by atoms with Gasteiger partial charge in [0.1, 0.15) is 0 Å². The van der Waals surface area contributed by atoms with Crippen molar-refractivity contribution in [3.63, 3.8) is 0 Å². The van der Waals surface area contributed by atoms with Crippen LogP contribution in [-0.2, 0) is 16.1 Å². The summed E-state index contributed by atoms with van der Waals surface area (Å²) < 4.78 is 16.5. The molecule has 1 aliphatic heterocycles. The molecule has 22 heavy (non-hydrogen) atoms. The highest BCUT2D eigenvalue weighted by atomic mass is 16.5. The second-order valence-corrected chi connectivity index (χ2v) is 5.26. The quantitative estimate of drug-likeness (QED) is 0.921. The van der Waals surface area contributed by atoms with E-state index >= 15 is 0 Å². The number of ether oxygens (including phenoxy) is 2. The van der Waals surface area contributed by atoms with Gasteiger partial charge >= 0.3 is 0 Å². The maximum Gasteiger partial charge on any atom is 0.287 e. The molecule has 3 rings (SSSR count). The van der Waals surface area contributed by atoms with Crippen LogP contribution in [0.5, 0.6) is 0 Å². The number of carbonyl (C=O) groups excluding carboxylic acids is 1. The van der Waals surface area contributed by atoms with Crippen LogP contribution in [0, 0.1) is 0 Å². The Morgan fingerprint density at radius 2 is 2.09 bits per heavy atom. The van der Waals surface area contributed by atoms with Crippen molar-refractivity contribution in [2.75, 3.05) is 13.2 Å². The van der Waals surface area contributed by atoms with E-state index in [-0.39, 0.29) is 18.1 Å². The Morgan fingerprint density at radius 1 is 1.23 bits per heavy atom. The van der Waals surface area contributed by atoms with Gasteiger partial charge in [-0.25, -0.2) is 0 Å². The van der Waals surface area contributed by atoms with E-state index in [0.29, 0.717) is 25.6 Å². The summed E-state index contributed by atoms with van der Waals surface area (Å²) >= 11 is 0. The molecule has 1 saturated heterocycles. The summed E-state index contributed by atoms with van der Waals surface area (Å²) in [7, 11) is 0. The number of hydrogen-bond acceptors (Lipinski definition) is 4. The molecule has 1 aromatic heterocycles. The van der Waals surface area contributed by atoms with Crippen LogP contribution in [0.2, 0.25) is 0 Å². The van der Waals surface area contributed by atoms with E-state index in [9.17, 15) is 4.79 Å². The van der Waals surface area contributed by atoms with E-state index < -0.39 is 0 Å². The van der Waals surface area contributed by atoms with Gasteiger partial charge in [-0.2, -0.15) is 0 Å². The number of furan rings is 1. The van der Waals surface area contributed by atoms with Crippen LogP contribution >= 0.6 is 0 Å². The van der Waals surface area contributed by atoms with Crippen molar-refractivity contribution in [3.05, 3.63) is 60.1 Å². The zero-order valence-corrected chi connectivity index (χ0v) is 12.2. The minimum Gasteiger partial charge on any atom is -0.459 e. The highest BCUT2D eigenvalue weighted by molar-refractivity contribution is 5.91. The molecule has 0 radical (unpaired) electrons. The van der Waals surface area contributed by atoms with Gasteiger partial charge in [0, 0.05) is 6.61 Å². The van der Waals surface area contributed by atoms with E-state index in [0.717, 1.165) is 12.0 Å². The van der Waals surface area contributed by atoms with Crippen LogP contribution in [0.1, 0.15) is 22.5 Å². The van der Waals surface area contributed by atoms with Gasteiger partial charge < -0.3 is 19.2 Å². The molecule has 2 atom stereocenters. The minimum atomic E-state index is -0.242. The first-order valence-corrected chi connectivity index (χ1v) is 7.40. The maximum atomic E-state index is 12.1. The molecular formula is C17H19NO4. The average molecular weight is 301 g/mol. The van der Waals surface area contributed by atoms with Crippen molar-refractivity contribution in [3.8, 4) is 0 Å². The van der Waals surface area contributed by atoms with Gasteiger partial charge in [-0.3, -0.25) is 4.79 Å². The number of hydrogen-bond donors (Lipinski definition) is 1. The molecule has 116 valence electrons. The fourth-order valence-corrected chi connectivity index (χ4v) is 2.48. The number of amides is 1. The topological polar surface area (TPSA) is 60.7 Å². The normalized spacial score (nSPS) is 21.5. The summed E-state index contributed by atoms with van der Waals surface area (Å²) in [6, 6.07) is 13.2. The Labute approximate surface area is 129 Å². The molecule has 2 heterocycles. The Morgan fingerprint density at radius 3 is 2.86 bits per heavy atom. The summed E-state index contributed by atoms with van der Waals surface area (Å²) in [5.41, 5.74) is 1.12. The predicted octanol–water partition coefficient (Wildman–Crippen LogP) is 2.38. The molecule has 2 aromatic rings. The molecule has 5 heteroatoms. The SMILES string of the molecule is O=C(N[C@@H]1COCC[C@@H]1OCc1ccccc1)c1ccco1. The van der Waals surface area contributed by atoms with Crippen LogP contribution < -0.4 is 5.32 Å². The van der Waals surface area contributed by atoms with Gasteiger partial charge in [-0.05, 0) is 24.1 Å². The molecule has 1 aromatic carbocycles. The molecule has 0 aliphatic carbocycles. The molecular weight excluding hydrogens is 282 g/mol. The monoisotopic (exact) mass is 301 g/mol. The Kier molecular flexibility index (Phi) is 4.88. The number of benzene rings is 1. The molecule has 5 nitrogen and oxygen atoms in total. The van der Waals surface area contributed by atoms with Gasteiger partial charge in [-0.15, -0.1) is 0 Å². The number of nitrogens with one attached hydrogen (secondary N) is 1. The van der Waals surface area contributed by atoms with Gasteiger partial charge in [0.25, 0.3) is 5.91 Å². The Hall–Kier alpha value is -2.11. The lowest BCUT2D eigenvalue weighted by Crippen LogP contribution is -2.50. The van der Waals surface area contributed by atoms with E-state index in [1.807, 2.05) is 30.3 Å². The fraction of sp³-hybridized carbons (Fsp3) is 0.353. The lowest BCUT2D eigenvalue weighted by atomic mass is 10.1. The zero-order chi connectivity index (χ0) is 15.2. The molecule has 1 N–H and O–H groups in total. The van der Waals surface area contributed by atoms with Gasteiger partial charge in [0.05, 0.1) is 31.6 Å². The van der Waals surface area contributed by atoms with E-state index in [1.165, 1.54) is 6.26 Å². The van der Waals surface area contributed by atoms with Crippen LogP contribution in [0.25, 0.3) is 0 Å². The summed E-state index contributed by atoms with van der Waals surface area (Å²) in [5.74, 6) is 0.0567. The van der Waals surface area contributed by atoms with E-state index in [1.54, 1.807) is 12.1 Å². The van der Waals surface area contributed by atoms with E-state index in [2.05, 4.69) is 5.32 Å². The summed E-state index contributed by atoms with van der Waals surface area (Å²) in [6.45, 7) is 1.62. The minimum absolute atomic E-state index is 0.0622. The standard InChI is InChI=1S/C17H19NO4/c19-17(16-7-4-9-21-16)18-14-12-20-10-8-15(14)22-11-13-5-2-1-3-6-13/h1-7,9,14-15H,8,10-12H2,(H,18,19)/t14-,15+/m1/s1. The smallest absolute Gasteiger partial charge is 0.287 e. The Balaban J connectivity index is 1.57. The highest BCUT2D eigenvalue weighted by Crippen LogP contribution is 2.15. The maximum absolute atomic E-state index is 12.1. The lowest BCUT2D eigenvalue weighted by Gasteiger charge is -2.31. The van der Waals surface area contributed by atoms with E-state index in [4.69, 9.17) is 13.9 Å². The second kappa shape index (κ2) is 7.24. The van der Waals surface area contributed by atoms with Crippen molar-refractivity contribution >= 4 is 5.91 Å². The van der Waals surface area contributed by atoms with Gasteiger partial charge in [-0.1, -0.05) is 30.3 Å². The van der Waals surface area contributed by atoms with Crippen molar-refractivity contribution < 1.29 is 18.7 Å². The third kappa shape index (κ3) is 3.75. The molecule has 1 amide bonds. The summed E-state index contributed by atoms with van der Waals surface area (Å²) in [4.78, 5) is 12.1. The first-order valence-electron chi connectivity index (χ1n) is 7.40. The molecule has 0 unspecified atom stereocenters. The van der Waals surface area contributed by atoms with Crippen LogP contribution in [0.3, 0.4) is 0 Å². The fourth-order valence-electron chi connectivity index (χ4n) is 2.48. The summed E-state index contributed by atoms with van der Waals surface area (Å²) in [5, 5.41) is 2.92. The first kappa shape index (κ1) is 14.8. The molecule has 0 bridgehead atoms. The van der Waals surface area contributed by atoms with Gasteiger partial charge in [0.2, 0.25) is 0 Å². The van der Waals surface area contributed by atoms with Crippen molar-refractivity contribution in [2.24, 2.45) is 0 Å². The molecule has 1 fully saturated rings. The highest BCUT2D eigenvalue weighted by Gasteiger charge is 2.28. The second-order valence-electron chi connectivity index (χ2n) is 5.26. The zero-order valence-electron chi connectivity index (χ0n) is 12.2. The largest absolute Gasteiger partial charge is 0.459 e.